The van der Waals surface area contributed by atoms with Gasteiger partial charge in [0, 0.05) is 12.1 Å². The van der Waals surface area contributed by atoms with Crippen LogP contribution in [0.25, 0.3) is 5.69 Å². The van der Waals surface area contributed by atoms with Gasteiger partial charge in [-0.05, 0) is 6.07 Å². The van der Waals surface area contributed by atoms with Crippen molar-refractivity contribution in [3.8, 4) is 5.69 Å². The van der Waals surface area contributed by atoms with Crippen molar-refractivity contribution < 1.29 is 19.2 Å². The number of halogens is 1. The molecular formula is C10H3ClN4O5. The summed E-state index contributed by atoms with van der Waals surface area (Å²) in [6.45, 7) is 0. The number of nitro benzene ring substituents is 1. The number of cyclic esters (lactones) is 2. The Labute approximate surface area is 114 Å². The Kier molecular flexibility index (Phi) is 2.51. The average molecular weight is 295 g/mol. The van der Waals surface area contributed by atoms with Gasteiger partial charge < -0.3 is 4.74 Å². The summed E-state index contributed by atoms with van der Waals surface area (Å²) in [5.74, 6) is -1.79. The third-order valence-corrected chi connectivity index (χ3v) is 2.92. The number of nitro groups is 1. The molecule has 0 saturated heterocycles. The highest BCUT2D eigenvalue weighted by Gasteiger charge is 2.37. The van der Waals surface area contributed by atoms with Crippen LogP contribution >= 0.6 is 11.6 Å². The maximum Gasteiger partial charge on any atom is 0.369 e. The summed E-state index contributed by atoms with van der Waals surface area (Å²) in [5, 5.41) is 17.8. The first-order chi connectivity index (χ1) is 9.49. The number of benzene rings is 1. The van der Waals surface area contributed by atoms with Crippen molar-refractivity contribution in [2.45, 2.75) is 0 Å². The third kappa shape index (κ3) is 1.64. The van der Waals surface area contributed by atoms with E-state index in [9.17, 15) is 19.7 Å². The molecule has 0 saturated carbocycles. The van der Waals surface area contributed by atoms with Crippen LogP contribution in [0.1, 0.15) is 21.0 Å². The van der Waals surface area contributed by atoms with Gasteiger partial charge in [0.25, 0.3) is 5.69 Å². The highest BCUT2D eigenvalue weighted by Crippen LogP contribution is 2.28. The minimum absolute atomic E-state index is 0.0148. The summed E-state index contributed by atoms with van der Waals surface area (Å²) in [7, 11) is 0. The van der Waals surface area contributed by atoms with Crippen molar-refractivity contribution in [1.29, 1.82) is 0 Å². The molecule has 1 aromatic heterocycles. The SMILES string of the molecule is O=C1OC(=O)c2c1nnn2-c1ccc([N+](=O)[O-])cc1Cl. The van der Waals surface area contributed by atoms with Crippen LogP contribution in [0.15, 0.2) is 18.2 Å². The van der Waals surface area contributed by atoms with Gasteiger partial charge in [-0.2, -0.15) is 0 Å². The van der Waals surface area contributed by atoms with Crippen molar-refractivity contribution in [2.24, 2.45) is 0 Å². The summed E-state index contributed by atoms with van der Waals surface area (Å²) in [6, 6.07) is 3.59. The molecule has 1 aromatic carbocycles. The van der Waals surface area contributed by atoms with Crippen LogP contribution in [0.2, 0.25) is 5.02 Å². The molecule has 0 spiro atoms. The van der Waals surface area contributed by atoms with Crippen molar-refractivity contribution in [1.82, 2.24) is 15.0 Å². The van der Waals surface area contributed by atoms with E-state index < -0.39 is 16.9 Å². The fourth-order valence-corrected chi connectivity index (χ4v) is 1.99. The van der Waals surface area contributed by atoms with E-state index in [1.165, 1.54) is 12.1 Å². The number of ether oxygens (including phenoxy) is 1. The highest BCUT2D eigenvalue weighted by atomic mass is 35.5. The Morgan fingerprint density at radius 1 is 1.30 bits per heavy atom. The molecule has 0 aliphatic carbocycles. The van der Waals surface area contributed by atoms with E-state index in [4.69, 9.17) is 11.6 Å². The number of non-ortho nitro benzene ring substituents is 1. The van der Waals surface area contributed by atoms with Crippen LogP contribution in [0.5, 0.6) is 0 Å². The summed E-state index contributed by atoms with van der Waals surface area (Å²) < 4.78 is 5.39. The van der Waals surface area contributed by atoms with Crippen molar-refractivity contribution in [3.63, 3.8) is 0 Å². The minimum atomic E-state index is -0.899. The molecule has 2 aromatic rings. The maximum absolute atomic E-state index is 11.5. The molecule has 100 valence electrons. The number of rotatable bonds is 2. The standard InChI is InChI=1S/C10H3ClN4O5/c11-5-3-4(15(18)19)1-2-6(5)14-8-7(12-13-14)9(16)20-10(8)17/h1-3H. The number of aromatic nitrogens is 3. The predicted molar refractivity (Wildman–Crippen MR) is 62.8 cm³/mol. The van der Waals surface area contributed by atoms with Crippen LogP contribution < -0.4 is 0 Å². The second kappa shape index (κ2) is 4.10. The zero-order valence-corrected chi connectivity index (χ0v) is 10.2. The van der Waals surface area contributed by atoms with Crippen LogP contribution in [-0.2, 0) is 4.74 Å². The van der Waals surface area contributed by atoms with E-state index in [0.29, 0.717) is 0 Å². The molecule has 0 fully saturated rings. The normalized spacial score (nSPS) is 13.2. The number of nitrogens with zero attached hydrogens (tertiary/aromatic N) is 4. The number of hydrogen-bond donors (Lipinski definition) is 0. The van der Waals surface area contributed by atoms with E-state index >= 15 is 0 Å². The van der Waals surface area contributed by atoms with Gasteiger partial charge in [-0.3, -0.25) is 10.1 Å². The van der Waals surface area contributed by atoms with Gasteiger partial charge in [-0.25, -0.2) is 14.3 Å². The Hall–Kier alpha value is -2.81. The monoisotopic (exact) mass is 294 g/mol. The molecule has 0 unspecified atom stereocenters. The number of carbonyl (C=O) groups excluding carboxylic acids is 2. The van der Waals surface area contributed by atoms with E-state index in [2.05, 4.69) is 15.0 Å². The van der Waals surface area contributed by atoms with Crippen LogP contribution in [0, 0.1) is 10.1 Å². The Morgan fingerprint density at radius 2 is 2.05 bits per heavy atom. The zero-order valence-electron chi connectivity index (χ0n) is 9.44. The first-order valence-corrected chi connectivity index (χ1v) is 5.53. The first-order valence-electron chi connectivity index (χ1n) is 5.15. The number of esters is 2. The van der Waals surface area contributed by atoms with Gasteiger partial charge in [0.05, 0.1) is 15.6 Å². The molecule has 0 amide bonds. The molecule has 10 heteroatoms. The lowest BCUT2D eigenvalue weighted by atomic mass is 10.2. The van der Waals surface area contributed by atoms with E-state index in [1.807, 2.05) is 0 Å². The van der Waals surface area contributed by atoms with Crippen LogP contribution in [0.3, 0.4) is 0 Å². The van der Waals surface area contributed by atoms with Gasteiger partial charge >= 0.3 is 11.9 Å². The molecule has 2 heterocycles. The second-order valence-electron chi connectivity index (χ2n) is 3.77. The molecule has 20 heavy (non-hydrogen) atoms. The fraction of sp³-hybridized carbons (Fsp3) is 0. The second-order valence-corrected chi connectivity index (χ2v) is 4.18. The van der Waals surface area contributed by atoms with Crippen molar-refractivity contribution >= 4 is 29.2 Å². The minimum Gasteiger partial charge on any atom is -0.383 e. The predicted octanol–water partition coefficient (Wildman–Crippen LogP) is 1.14. The molecule has 3 rings (SSSR count). The number of fused-ring (bicyclic) bond motifs is 1. The molecule has 0 radical (unpaired) electrons. The Morgan fingerprint density at radius 3 is 2.70 bits per heavy atom. The number of hydrogen-bond acceptors (Lipinski definition) is 7. The Balaban J connectivity index is 2.16. The zero-order chi connectivity index (χ0) is 14.4. The van der Waals surface area contributed by atoms with Gasteiger partial charge in [-0.1, -0.05) is 16.8 Å². The fourth-order valence-electron chi connectivity index (χ4n) is 1.73. The van der Waals surface area contributed by atoms with Gasteiger partial charge in [0.1, 0.15) is 0 Å². The van der Waals surface area contributed by atoms with Crippen LogP contribution in [-0.4, -0.2) is 31.9 Å². The van der Waals surface area contributed by atoms with Gasteiger partial charge in [0.15, 0.2) is 5.69 Å². The average Bonchev–Trinajstić information content (AvgIpc) is 2.93. The maximum atomic E-state index is 11.5. The summed E-state index contributed by atoms with van der Waals surface area (Å²) in [6.07, 6.45) is 0. The van der Waals surface area contributed by atoms with Crippen LogP contribution in [0.4, 0.5) is 5.69 Å². The number of carbonyl (C=O) groups is 2. The molecule has 9 nitrogen and oxygen atoms in total. The summed E-state index contributed by atoms with van der Waals surface area (Å²) in [5.41, 5.74) is -0.415. The molecule has 0 atom stereocenters. The van der Waals surface area contributed by atoms with Gasteiger partial charge in [-0.15, -0.1) is 5.10 Å². The third-order valence-electron chi connectivity index (χ3n) is 2.61. The smallest absolute Gasteiger partial charge is 0.369 e. The first kappa shape index (κ1) is 12.2. The largest absolute Gasteiger partial charge is 0.383 e. The molecule has 0 bridgehead atoms. The van der Waals surface area contributed by atoms with Gasteiger partial charge in [0.2, 0.25) is 5.69 Å². The van der Waals surface area contributed by atoms with E-state index in [-0.39, 0.29) is 27.8 Å². The lowest BCUT2D eigenvalue weighted by molar-refractivity contribution is -0.384. The Bertz CT molecular complexity index is 784. The topological polar surface area (TPSA) is 117 Å². The molecular weight excluding hydrogens is 292 g/mol. The lowest BCUT2D eigenvalue weighted by Crippen LogP contribution is -2.09. The summed E-state index contributed by atoms with van der Waals surface area (Å²) >= 11 is 5.92. The lowest BCUT2D eigenvalue weighted by Gasteiger charge is -2.04. The van der Waals surface area contributed by atoms with Crippen molar-refractivity contribution in [2.75, 3.05) is 0 Å². The van der Waals surface area contributed by atoms with E-state index in [0.717, 1.165) is 10.7 Å². The molecule has 1 aliphatic heterocycles. The molecule has 0 N–H and O–H groups in total. The quantitative estimate of drug-likeness (QED) is 0.353. The molecule has 1 aliphatic rings. The summed E-state index contributed by atoms with van der Waals surface area (Å²) in [4.78, 5) is 32.8. The van der Waals surface area contributed by atoms with Crippen molar-refractivity contribution in [3.05, 3.63) is 44.7 Å². The highest BCUT2D eigenvalue weighted by molar-refractivity contribution is 6.32. The van der Waals surface area contributed by atoms with E-state index in [1.54, 1.807) is 0 Å².